The first-order valence-corrected chi connectivity index (χ1v) is 6.67. The molecule has 104 valence electrons. The molecule has 0 saturated carbocycles. The number of rotatable bonds is 2. The van der Waals surface area contributed by atoms with Gasteiger partial charge in [-0.2, -0.15) is 5.10 Å². The van der Waals surface area contributed by atoms with Gasteiger partial charge in [0.05, 0.1) is 12.8 Å². The third-order valence-electron chi connectivity index (χ3n) is 3.77. The van der Waals surface area contributed by atoms with Gasteiger partial charge in [0.2, 0.25) is 0 Å². The standard InChI is InChI=1S/C15H17N3O2/c1-4-18-14-12(7-16-18)13-10(8-19)5-9(2)6-11(13)15(20)17(14)3/h5-7,19H,4,8H2,1-3H3. The van der Waals surface area contributed by atoms with Crippen molar-refractivity contribution in [2.75, 3.05) is 0 Å². The molecule has 2 heterocycles. The Hall–Kier alpha value is -2.14. The predicted octanol–water partition coefficient (Wildman–Crippen LogP) is 1.71. The number of benzene rings is 1. The SMILES string of the molecule is CCn1ncc2c3c(CO)cc(C)cc3c(=O)n(C)c21. The number of hydrogen-bond donors (Lipinski definition) is 1. The van der Waals surface area contributed by atoms with Crippen LogP contribution in [0.5, 0.6) is 0 Å². The van der Waals surface area contributed by atoms with Gasteiger partial charge in [-0.1, -0.05) is 6.07 Å². The molecule has 3 rings (SSSR count). The minimum absolute atomic E-state index is 0.0545. The van der Waals surface area contributed by atoms with Crippen LogP contribution >= 0.6 is 0 Å². The van der Waals surface area contributed by atoms with Gasteiger partial charge in [0.15, 0.2) is 0 Å². The molecule has 3 aromatic rings. The second-order valence-corrected chi connectivity index (χ2v) is 5.07. The van der Waals surface area contributed by atoms with Gasteiger partial charge in [-0.25, -0.2) is 4.68 Å². The minimum atomic E-state index is -0.0856. The van der Waals surface area contributed by atoms with E-state index >= 15 is 0 Å². The van der Waals surface area contributed by atoms with Crippen molar-refractivity contribution in [3.8, 4) is 0 Å². The highest BCUT2D eigenvalue weighted by Crippen LogP contribution is 2.27. The molecule has 20 heavy (non-hydrogen) atoms. The average Bonchev–Trinajstić information content (AvgIpc) is 2.87. The molecule has 0 radical (unpaired) electrons. The number of aromatic nitrogens is 3. The van der Waals surface area contributed by atoms with E-state index in [9.17, 15) is 9.90 Å². The zero-order valence-corrected chi connectivity index (χ0v) is 11.8. The largest absolute Gasteiger partial charge is 0.392 e. The molecule has 5 nitrogen and oxygen atoms in total. The fourth-order valence-corrected chi connectivity index (χ4v) is 2.89. The van der Waals surface area contributed by atoms with Crippen LogP contribution in [0.4, 0.5) is 0 Å². The van der Waals surface area contributed by atoms with E-state index in [4.69, 9.17) is 0 Å². The molecule has 0 unspecified atom stereocenters. The average molecular weight is 271 g/mol. The van der Waals surface area contributed by atoms with Gasteiger partial charge in [0, 0.05) is 29.8 Å². The third kappa shape index (κ3) is 1.59. The van der Waals surface area contributed by atoms with Crippen LogP contribution in [0.15, 0.2) is 23.1 Å². The Balaban J connectivity index is 2.66. The van der Waals surface area contributed by atoms with Crippen molar-refractivity contribution in [2.45, 2.75) is 27.0 Å². The number of aliphatic hydroxyl groups is 1. The Morgan fingerprint density at radius 2 is 2.05 bits per heavy atom. The van der Waals surface area contributed by atoms with Gasteiger partial charge in [-0.15, -0.1) is 0 Å². The van der Waals surface area contributed by atoms with E-state index in [1.54, 1.807) is 22.5 Å². The van der Waals surface area contributed by atoms with Crippen molar-refractivity contribution in [1.82, 2.24) is 14.3 Å². The summed E-state index contributed by atoms with van der Waals surface area (Å²) in [4.78, 5) is 12.6. The van der Waals surface area contributed by atoms with Gasteiger partial charge in [0.1, 0.15) is 5.65 Å². The maximum Gasteiger partial charge on any atom is 0.259 e. The lowest BCUT2D eigenvalue weighted by Crippen LogP contribution is -2.20. The molecule has 0 saturated heterocycles. The van der Waals surface area contributed by atoms with Crippen LogP contribution in [0.25, 0.3) is 21.8 Å². The number of aliphatic hydroxyl groups excluding tert-OH is 1. The summed E-state index contributed by atoms with van der Waals surface area (Å²) in [5, 5.41) is 16.3. The smallest absolute Gasteiger partial charge is 0.259 e. The maximum atomic E-state index is 12.6. The molecular formula is C15H17N3O2. The van der Waals surface area contributed by atoms with Crippen molar-refractivity contribution in [2.24, 2.45) is 7.05 Å². The highest BCUT2D eigenvalue weighted by molar-refractivity contribution is 6.06. The van der Waals surface area contributed by atoms with Crippen molar-refractivity contribution in [1.29, 1.82) is 0 Å². The zero-order valence-electron chi connectivity index (χ0n) is 11.8. The Labute approximate surface area is 116 Å². The fraction of sp³-hybridized carbons (Fsp3) is 0.333. The van der Waals surface area contributed by atoms with Crippen LogP contribution in [0.3, 0.4) is 0 Å². The summed E-state index contributed by atoms with van der Waals surface area (Å²) in [5.41, 5.74) is 2.49. The maximum absolute atomic E-state index is 12.6. The summed E-state index contributed by atoms with van der Waals surface area (Å²) in [7, 11) is 1.76. The van der Waals surface area contributed by atoms with E-state index in [0.717, 1.165) is 27.5 Å². The Morgan fingerprint density at radius 1 is 1.30 bits per heavy atom. The summed E-state index contributed by atoms with van der Waals surface area (Å²) in [6, 6.07) is 3.80. The first kappa shape index (κ1) is 12.9. The lowest BCUT2D eigenvalue weighted by atomic mass is 10.0. The monoisotopic (exact) mass is 271 g/mol. The molecular weight excluding hydrogens is 254 g/mol. The van der Waals surface area contributed by atoms with Gasteiger partial charge in [0.25, 0.3) is 5.56 Å². The first-order chi connectivity index (χ1) is 9.58. The van der Waals surface area contributed by atoms with Gasteiger partial charge >= 0.3 is 0 Å². The molecule has 0 aliphatic carbocycles. The molecule has 2 aromatic heterocycles. The lowest BCUT2D eigenvalue weighted by molar-refractivity contribution is 0.283. The van der Waals surface area contributed by atoms with Gasteiger partial charge in [-0.3, -0.25) is 9.36 Å². The Morgan fingerprint density at radius 3 is 2.70 bits per heavy atom. The second-order valence-electron chi connectivity index (χ2n) is 5.07. The van der Waals surface area contributed by atoms with Gasteiger partial charge < -0.3 is 5.11 Å². The minimum Gasteiger partial charge on any atom is -0.392 e. The molecule has 0 spiro atoms. The van der Waals surface area contributed by atoms with E-state index in [2.05, 4.69) is 5.10 Å². The van der Waals surface area contributed by atoms with E-state index in [1.165, 1.54) is 0 Å². The summed E-state index contributed by atoms with van der Waals surface area (Å²) in [5.74, 6) is 0. The highest BCUT2D eigenvalue weighted by atomic mass is 16.3. The highest BCUT2D eigenvalue weighted by Gasteiger charge is 2.15. The molecule has 0 aliphatic rings. The van der Waals surface area contributed by atoms with Crippen molar-refractivity contribution in [3.63, 3.8) is 0 Å². The van der Waals surface area contributed by atoms with E-state index in [0.29, 0.717) is 11.9 Å². The quantitative estimate of drug-likeness (QED) is 0.772. The van der Waals surface area contributed by atoms with E-state index < -0.39 is 0 Å². The fourth-order valence-electron chi connectivity index (χ4n) is 2.89. The number of fused-ring (bicyclic) bond motifs is 3. The lowest BCUT2D eigenvalue weighted by Gasteiger charge is -2.11. The number of hydrogen-bond acceptors (Lipinski definition) is 3. The van der Waals surface area contributed by atoms with Crippen LogP contribution in [-0.4, -0.2) is 19.5 Å². The van der Waals surface area contributed by atoms with Crippen molar-refractivity contribution < 1.29 is 5.11 Å². The van der Waals surface area contributed by atoms with Crippen LogP contribution in [0.1, 0.15) is 18.1 Å². The van der Waals surface area contributed by atoms with Crippen LogP contribution in [0.2, 0.25) is 0 Å². The molecule has 0 amide bonds. The molecule has 0 bridgehead atoms. The normalized spacial score (nSPS) is 11.6. The third-order valence-corrected chi connectivity index (χ3v) is 3.77. The number of pyridine rings is 1. The molecule has 0 aliphatic heterocycles. The van der Waals surface area contributed by atoms with Crippen LogP contribution < -0.4 is 5.56 Å². The Kier molecular flexibility index (Phi) is 2.87. The van der Waals surface area contributed by atoms with Crippen molar-refractivity contribution >= 4 is 21.8 Å². The topological polar surface area (TPSA) is 60.0 Å². The zero-order chi connectivity index (χ0) is 14.4. The van der Waals surface area contributed by atoms with Gasteiger partial charge in [-0.05, 0) is 31.0 Å². The van der Waals surface area contributed by atoms with Crippen LogP contribution in [0, 0.1) is 6.92 Å². The first-order valence-electron chi connectivity index (χ1n) is 6.67. The molecule has 0 fully saturated rings. The summed E-state index contributed by atoms with van der Waals surface area (Å²) in [6.07, 6.45) is 1.77. The van der Waals surface area contributed by atoms with E-state index in [1.807, 2.05) is 26.0 Å². The van der Waals surface area contributed by atoms with Crippen LogP contribution in [-0.2, 0) is 20.2 Å². The molecule has 5 heteroatoms. The summed E-state index contributed by atoms with van der Waals surface area (Å²) in [6.45, 7) is 4.53. The number of nitrogens with zero attached hydrogens (tertiary/aromatic N) is 3. The molecule has 1 N–H and O–H groups in total. The van der Waals surface area contributed by atoms with E-state index in [-0.39, 0.29) is 12.2 Å². The summed E-state index contributed by atoms with van der Waals surface area (Å²) < 4.78 is 3.44. The predicted molar refractivity (Wildman–Crippen MR) is 78.8 cm³/mol. The van der Waals surface area contributed by atoms with Crippen molar-refractivity contribution in [3.05, 3.63) is 39.8 Å². The molecule has 0 atom stereocenters. The number of aryl methyl sites for hydroxylation is 3. The second kappa shape index (κ2) is 4.45. The Bertz CT molecular complexity index is 874. The summed E-state index contributed by atoms with van der Waals surface area (Å²) >= 11 is 0. The molecule has 1 aromatic carbocycles.